The predicted octanol–water partition coefficient (Wildman–Crippen LogP) is 2.70. The van der Waals surface area contributed by atoms with Crippen LogP contribution in [0, 0.1) is 11.8 Å². The van der Waals surface area contributed by atoms with Crippen molar-refractivity contribution in [2.75, 3.05) is 33.0 Å². The van der Waals surface area contributed by atoms with Gasteiger partial charge in [-0.3, -0.25) is 0 Å². The maximum Gasteiger partial charge on any atom is 0.0701 e. The maximum atomic E-state index is 5.48. The summed E-state index contributed by atoms with van der Waals surface area (Å²) in [4.78, 5) is 0. The highest BCUT2D eigenvalue weighted by Gasteiger charge is 2.04. The Kier molecular flexibility index (Phi) is 10.9. The van der Waals surface area contributed by atoms with Crippen molar-refractivity contribution in [1.82, 2.24) is 5.32 Å². The molecule has 0 aromatic carbocycles. The molecule has 3 nitrogen and oxygen atoms in total. The molecule has 1 atom stereocenters. The van der Waals surface area contributed by atoms with E-state index in [1.54, 1.807) is 0 Å². The Bertz CT molecular complexity index is 160. The number of ether oxygens (including phenoxy) is 2. The SMILES string of the molecule is CC(C)CCOCCOCCNC(C)C(C)C. The van der Waals surface area contributed by atoms with E-state index in [4.69, 9.17) is 9.47 Å². The molecule has 0 aromatic heterocycles. The minimum atomic E-state index is 0.556. The first-order valence-electron chi connectivity index (χ1n) is 6.93. The van der Waals surface area contributed by atoms with Gasteiger partial charge in [-0.25, -0.2) is 0 Å². The summed E-state index contributed by atoms with van der Waals surface area (Å²) in [6.45, 7) is 15.0. The quantitative estimate of drug-likeness (QED) is 0.568. The molecular weight excluding hydrogens is 214 g/mol. The minimum Gasteiger partial charge on any atom is -0.379 e. The first-order valence-corrected chi connectivity index (χ1v) is 6.93. The van der Waals surface area contributed by atoms with Crippen LogP contribution in [-0.4, -0.2) is 39.0 Å². The van der Waals surface area contributed by atoms with E-state index in [2.05, 4.69) is 39.9 Å². The van der Waals surface area contributed by atoms with E-state index < -0.39 is 0 Å². The fourth-order valence-electron chi connectivity index (χ4n) is 1.24. The Morgan fingerprint density at radius 2 is 1.41 bits per heavy atom. The predicted molar refractivity (Wildman–Crippen MR) is 73.4 cm³/mol. The van der Waals surface area contributed by atoms with Gasteiger partial charge in [0.25, 0.3) is 0 Å². The minimum absolute atomic E-state index is 0.556. The van der Waals surface area contributed by atoms with Gasteiger partial charge in [0, 0.05) is 19.2 Å². The second kappa shape index (κ2) is 11.0. The van der Waals surface area contributed by atoms with Crippen molar-refractivity contribution in [2.45, 2.75) is 47.1 Å². The molecule has 0 heterocycles. The Hall–Kier alpha value is -0.120. The van der Waals surface area contributed by atoms with Crippen molar-refractivity contribution in [1.29, 1.82) is 0 Å². The van der Waals surface area contributed by atoms with Crippen LogP contribution in [0.5, 0.6) is 0 Å². The Morgan fingerprint density at radius 3 is 1.94 bits per heavy atom. The van der Waals surface area contributed by atoms with Crippen LogP contribution in [0.2, 0.25) is 0 Å². The van der Waals surface area contributed by atoms with E-state index in [-0.39, 0.29) is 0 Å². The van der Waals surface area contributed by atoms with Gasteiger partial charge in [0.1, 0.15) is 0 Å². The van der Waals surface area contributed by atoms with Gasteiger partial charge in [0.2, 0.25) is 0 Å². The van der Waals surface area contributed by atoms with Crippen LogP contribution in [0.25, 0.3) is 0 Å². The van der Waals surface area contributed by atoms with Crippen LogP contribution in [-0.2, 0) is 9.47 Å². The van der Waals surface area contributed by atoms with Gasteiger partial charge < -0.3 is 14.8 Å². The summed E-state index contributed by atoms with van der Waals surface area (Å²) in [5.74, 6) is 1.40. The van der Waals surface area contributed by atoms with Crippen molar-refractivity contribution >= 4 is 0 Å². The third-order valence-electron chi connectivity index (χ3n) is 2.92. The zero-order valence-electron chi connectivity index (χ0n) is 12.3. The number of rotatable bonds is 11. The Labute approximate surface area is 107 Å². The Balaban J connectivity index is 3.09. The lowest BCUT2D eigenvalue weighted by Crippen LogP contribution is -2.33. The normalized spacial score (nSPS) is 13.6. The van der Waals surface area contributed by atoms with Crippen molar-refractivity contribution < 1.29 is 9.47 Å². The molecule has 1 N–H and O–H groups in total. The molecule has 0 saturated carbocycles. The summed E-state index contributed by atoms with van der Waals surface area (Å²) in [7, 11) is 0. The molecule has 0 rings (SSSR count). The highest BCUT2D eigenvalue weighted by molar-refractivity contribution is 4.63. The van der Waals surface area contributed by atoms with E-state index in [1.807, 2.05) is 0 Å². The number of hydrogen-bond donors (Lipinski definition) is 1. The second-order valence-electron chi connectivity index (χ2n) is 5.39. The third kappa shape index (κ3) is 12.1. The lowest BCUT2D eigenvalue weighted by atomic mass is 10.1. The first kappa shape index (κ1) is 16.9. The highest BCUT2D eigenvalue weighted by atomic mass is 16.5. The summed E-state index contributed by atoms with van der Waals surface area (Å²) in [6, 6.07) is 0.556. The van der Waals surface area contributed by atoms with Crippen molar-refractivity contribution in [3.05, 3.63) is 0 Å². The molecule has 0 aromatic rings. The molecule has 0 spiro atoms. The molecule has 0 bridgehead atoms. The van der Waals surface area contributed by atoms with Gasteiger partial charge in [0.15, 0.2) is 0 Å². The van der Waals surface area contributed by atoms with Crippen LogP contribution in [0.15, 0.2) is 0 Å². The van der Waals surface area contributed by atoms with Gasteiger partial charge in [-0.2, -0.15) is 0 Å². The fourth-order valence-corrected chi connectivity index (χ4v) is 1.24. The summed E-state index contributed by atoms with van der Waals surface area (Å²) in [6.07, 6.45) is 1.13. The van der Waals surface area contributed by atoms with Crippen molar-refractivity contribution in [2.24, 2.45) is 11.8 Å². The zero-order chi connectivity index (χ0) is 13.1. The van der Waals surface area contributed by atoms with Crippen LogP contribution in [0.3, 0.4) is 0 Å². The molecule has 0 saturated heterocycles. The van der Waals surface area contributed by atoms with E-state index in [1.165, 1.54) is 0 Å². The van der Waals surface area contributed by atoms with E-state index in [0.29, 0.717) is 25.2 Å². The first-order chi connectivity index (χ1) is 8.04. The molecule has 104 valence electrons. The topological polar surface area (TPSA) is 30.5 Å². The highest BCUT2D eigenvalue weighted by Crippen LogP contribution is 1.99. The van der Waals surface area contributed by atoms with E-state index in [9.17, 15) is 0 Å². The average Bonchev–Trinajstić information content (AvgIpc) is 2.25. The van der Waals surface area contributed by atoms with Gasteiger partial charge in [-0.1, -0.05) is 27.7 Å². The van der Waals surface area contributed by atoms with Crippen LogP contribution >= 0.6 is 0 Å². The lowest BCUT2D eigenvalue weighted by molar-refractivity contribution is 0.0442. The summed E-state index contributed by atoms with van der Waals surface area (Å²) in [5.41, 5.74) is 0. The molecule has 0 aliphatic carbocycles. The molecule has 17 heavy (non-hydrogen) atoms. The molecular formula is C14H31NO2. The summed E-state index contributed by atoms with van der Waals surface area (Å²) < 4.78 is 10.9. The second-order valence-corrected chi connectivity index (χ2v) is 5.39. The zero-order valence-corrected chi connectivity index (χ0v) is 12.3. The summed E-state index contributed by atoms with van der Waals surface area (Å²) >= 11 is 0. The largest absolute Gasteiger partial charge is 0.379 e. The lowest BCUT2D eigenvalue weighted by Gasteiger charge is -2.17. The summed E-state index contributed by atoms with van der Waals surface area (Å²) in [5, 5.41) is 3.43. The van der Waals surface area contributed by atoms with Crippen LogP contribution in [0.1, 0.15) is 41.0 Å². The van der Waals surface area contributed by atoms with Crippen molar-refractivity contribution in [3.63, 3.8) is 0 Å². The number of hydrogen-bond acceptors (Lipinski definition) is 3. The third-order valence-corrected chi connectivity index (χ3v) is 2.92. The van der Waals surface area contributed by atoms with Gasteiger partial charge in [-0.05, 0) is 25.2 Å². The van der Waals surface area contributed by atoms with E-state index in [0.717, 1.165) is 32.1 Å². The van der Waals surface area contributed by atoms with Gasteiger partial charge >= 0.3 is 0 Å². The van der Waals surface area contributed by atoms with E-state index >= 15 is 0 Å². The van der Waals surface area contributed by atoms with Crippen LogP contribution in [0.4, 0.5) is 0 Å². The average molecular weight is 245 g/mol. The molecule has 3 heteroatoms. The molecule has 0 aliphatic heterocycles. The molecule has 0 aliphatic rings. The number of nitrogens with one attached hydrogen (secondary N) is 1. The molecule has 0 radical (unpaired) electrons. The smallest absolute Gasteiger partial charge is 0.0701 e. The van der Waals surface area contributed by atoms with Gasteiger partial charge in [0.05, 0.1) is 19.8 Å². The molecule has 0 amide bonds. The maximum absolute atomic E-state index is 5.48. The Morgan fingerprint density at radius 1 is 0.824 bits per heavy atom. The van der Waals surface area contributed by atoms with Gasteiger partial charge in [-0.15, -0.1) is 0 Å². The van der Waals surface area contributed by atoms with Crippen LogP contribution < -0.4 is 5.32 Å². The fraction of sp³-hybridized carbons (Fsp3) is 1.00. The monoisotopic (exact) mass is 245 g/mol. The van der Waals surface area contributed by atoms with Crippen molar-refractivity contribution in [3.8, 4) is 0 Å². The molecule has 0 fully saturated rings. The molecule has 1 unspecified atom stereocenters. The standard InChI is InChI=1S/C14H31NO2/c1-12(2)6-8-16-10-11-17-9-7-15-14(5)13(3)4/h12-15H,6-11H2,1-5H3.